The van der Waals surface area contributed by atoms with Gasteiger partial charge in [0.2, 0.25) is 0 Å². The molecule has 3 rings (SSSR count). The van der Waals surface area contributed by atoms with Gasteiger partial charge in [0.1, 0.15) is 0 Å². The molecule has 1 fully saturated rings. The first-order valence-corrected chi connectivity index (χ1v) is 10.0. The molecular formula is C18H22N2O3S. The van der Waals surface area contributed by atoms with Crippen molar-refractivity contribution in [3.63, 3.8) is 0 Å². The second-order valence-corrected chi connectivity index (χ2v) is 8.69. The first kappa shape index (κ1) is 16.9. The van der Waals surface area contributed by atoms with E-state index < -0.39 is 9.84 Å². The number of carbonyl (C=O) groups excluding carboxylic acids is 1. The summed E-state index contributed by atoms with van der Waals surface area (Å²) in [7, 11) is -3.03. The summed E-state index contributed by atoms with van der Waals surface area (Å²) in [5.74, 6) is 0.0921. The van der Waals surface area contributed by atoms with Gasteiger partial charge in [0.15, 0.2) is 9.84 Å². The molecule has 0 aliphatic carbocycles. The largest absolute Gasteiger partial charge is 0.335 e. The normalized spacial score (nSPS) is 19.5. The fourth-order valence-electron chi connectivity index (χ4n) is 3.35. The molecule has 128 valence electrons. The number of sulfone groups is 1. The van der Waals surface area contributed by atoms with Crippen molar-refractivity contribution in [2.24, 2.45) is 0 Å². The predicted molar refractivity (Wildman–Crippen MR) is 95.0 cm³/mol. The highest BCUT2D eigenvalue weighted by molar-refractivity contribution is 7.91. The van der Waals surface area contributed by atoms with E-state index in [1.165, 1.54) is 0 Å². The first-order valence-electron chi connectivity index (χ1n) is 8.20. The van der Waals surface area contributed by atoms with E-state index in [2.05, 4.69) is 4.98 Å². The Morgan fingerprint density at radius 3 is 2.67 bits per heavy atom. The van der Waals surface area contributed by atoms with Gasteiger partial charge in [-0.2, -0.15) is 0 Å². The lowest BCUT2D eigenvalue weighted by Gasteiger charge is -2.27. The Hall–Kier alpha value is -1.95. The van der Waals surface area contributed by atoms with Crippen LogP contribution in [0.15, 0.2) is 24.3 Å². The zero-order valence-electron chi connectivity index (χ0n) is 14.2. The zero-order chi connectivity index (χ0) is 17.5. The highest BCUT2D eigenvalue weighted by Gasteiger charge is 2.34. The van der Waals surface area contributed by atoms with Crippen molar-refractivity contribution in [1.29, 1.82) is 0 Å². The van der Waals surface area contributed by atoms with Crippen LogP contribution in [0, 0.1) is 13.8 Å². The van der Waals surface area contributed by atoms with Crippen LogP contribution < -0.4 is 0 Å². The Labute approximate surface area is 142 Å². The highest BCUT2D eigenvalue weighted by atomic mass is 32.2. The van der Waals surface area contributed by atoms with Gasteiger partial charge in [0.05, 0.1) is 28.3 Å². The summed E-state index contributed by atoms with van der Waals surface area (Å²) in [5.41, 5.74) is 3.21. The van der Waals surface area contributed by atoms with Crippen molar-refractivity contribution in [3.8, 4) is 0 Å². The number of aryl methyl sites for hydroxylation is 2. The van der Waals surface area contributed by atoms with Crippen LogP contribution in [0.3, 0.4) is 0 Å². The van der Waals surface area contributed by atoms with Gasteiger partial charge in [0.25, 0.3) is 5.91 Å². The smallest absolute Gasteiger partial charge is 0.255 e. The molecule has 0 N–H and O–H groups in total. The van der Waals surface area contributed by atoms with Gasteiger partial charge in [-0.15, -0.1) is 0 Å². The lowest BCUT2D eigenvalue weighted by molar-refractivity contribution is 0.0707. The SMILES string of the molecule is CCN(C(=O)c1cc2cc(C)ccc2nc1C)C1CCS(=O)(=O)C1. The fourth-order valence-corrected chi connectivity index (χ4v) is 5.08. The minimum atomic E-state index is -3.03. The standard InChI is InChI=1S/C18H22N2O3S/c1-4-20(15-7-8-24(22,23)11-15)18(21)16-10-14-9-12(2)5-6-17(14)19-13(16)3/h5-6,9-10,15H,4,7-8,11H2,1-3H3. The molecule has 0 bridgehead atoms. The quantitative estimate of drug-likeness (QED) is 0.856. The molecule has 0 radical (unpaired) electrons. The van der Waals surface area contributed by atoms with Crippen molar-refractivity contribution < 1.29 is 13.2 Å². The lowest BCUT2D eigenvalue weighted by Crippen LogP contribution is -2.41. The Kier molecular flexibility index (Phi) is 4.34. The summed E-state index contributed by atoms with van der Waals surface area (Å²) in [6.45, 7) is 6.20. The average Bonchev–Trinajstić information content (AvgIpc) is 2.87. The molecule has 1 aromatic heterocycles. The van der Waals surface area contributed by atoms with Gasteiger partial charge in [0, 0.05) is 18.0 Å². The summed E-state index contributed by atoms with van der Waals surface area (Å²) in [4.78, 5) is 19.2. The molecular weight excluding hydrogens is 324 g/mol. The molecule has 1 unspecified atom stereocenters. The predicted octanol–water partition coefficient (Wildman–Crippen LogP) is 2.50. The van der Waals surface area contributed by atoms with Crippen molar-refractivity contribution in [3.05, 3.63) is 41.1 Å². The van der Waals surface area contributed by atoms with Crippen LogP contribution in [0.5, 0.6) is 0 Å². The summed E-state index contributed by atoms with van der Waals surface area (Å²) in [6.07, 6.45) is 0.515. The van der Waals surface area contributed by atoms with Crippen LogP contribution in [0.4, 0.5) is 0 Å². The number of aromatic nitrogens is 1. The summed E-state index contributed by atoms with van der Waals surface area (Å²) in [5, 5.41) is 0.930. The van der Waals surface area contributed by atoms with E-state index in [9.17, 15) is 13.2 Å². The molecule has 1 atom stereocenters. The molecule has 5 nitrogen and oxygen atoms in total. The van der Waals surface area contributed by atoms with E-state index in [-0.39, 0.29) is 23.5 Å². The maximum absolute atomic E-state index is 13.0. The number of pyridine rings is 1. The number of nitrogens with zero attached hydrogens (tertiary/aromatic N) is 2. The molecule has 1 amide bonds. The van der Waals surface area contributed by atoms with E-state index in [1.807, 2.05) is 45.0 Å². The van der Waals surface area contributed by atoms with Crippen molar-refractivity contribution in [1.82, 2.24) is 9.88 Å². The third kappa shape index (κ3) is 3.15. The molecule has 1 aromatic carbocycles. The van der Waals surface area contributed by atoms with Crippen LogP contribution in [0.1, 0.15) is 35.0 Å². The van der Waals surface area contributed by atoms with Crippen LogP contribution >= 0.6 is 0 Å². The Morgan fingerprint density at radius 1 is 1.29 bits per heavy atom. The minimum absolute atomic E-state index is 0.0613. The number of amides is 1. The Balaban J connectivity index is 1.98. The maximum atomic E-state index is 13.0. The summed E-state index contributed by atoms with van der Waals surface area (Å²) < 4.78 is 23.5. The van der Waals surface area contributed by atoms with Crippen LogP contribution in [-0.2, 0) is 9.84 Å². The van der Waals surface area contributed by atoms with Crippen LogP contribution in [0.25, 0.3) is 10.9 Å². The zero-order valence-corrected chi connectivity index (χ0v) is 15.1. The van der Waals surface area contributed by atoms with Crippen molar-refractivity contribution in [2.75, 3.05) is 18.1 Å². The van der Waals surface area contributed by atoms with Gasteiger partial charge < -0.3 is 4.90 Å². The monoisotopic (exact) mass is 346 g/mol. The van der Waals surface area contributed by atoms with Crippen LogP contribution in [0.2, 0.25) is 0 Å². The molecule has 2 aromatic rings. The summed E-state index contributed by atoms with van der Waals surface area (Å²) >= 11 is 0. The average molecular weight is 346 g/mol. The van der Waals surface area contributed by atoms with E-state index in [1.54, 1.807) is 4.90 Å². The van der Waals surface area contributed by atoms with Crippen molar-refractivity contribution >= 4 is 26.6 Å². The molecule has 1 aliphatic rings. The maximum Gasteiger partial charge on any atom is 0.255 e. The number of benzene rings is 1. The lowest BCUT2D eigenvalue weighted by atomic mass is 10.1. The number of rotatable bonds is 3. The second kappa shape index (κ2) is 6.16. The van der Waals surface area contributed by atoms with Gasteiger partial charge in [-0.3, -0.25) is 9.78 Å². The fraction of sp³-hybridized carbons (Fsp3) is 0.444. The third-order valence-corrected chi connectivity index (χ3v) is 6.39. The molecule has 6 heteroatoms. The highest BCUT2D eigenvalue weighted by Crippen LogP contribution is 2.23. The van der Waals surface area contributed by atoms with E-state index in [0.29, 0.717) is 24.2 Å². The van der Waals surface area contributed by atoms with Gasteiger partial charge >= 0.3 is 0 Å². The van der Waals surface area contributed by atoms with E-state index in [0.717, 1.165) is 16.5 Å². The minimum Gasteiger partial charge on any atom is -0.335 e. The molecule has 24 heavy (non-hydrogen) atoms. The van der Waals surface area contributed by atoms with Gasteiger partial charge in [-0.25, -0.2) is 8.42 Å². The number of hydrogen-bond donors (Lipinski definition) is 0. The van der Waals surface area contributed by atoms with Gasteiger partial charge in [-0.05, 0) is 45.4 Å². The number of fused-ring (bicyclic) bond motifs is 1. The molecule has 0 saturated carbocycles. The van der Waals surface area contributed by atoms with Gasteiger partial charge in [-0.1, -0.05) is 11.6 Å². The van der Waals surface area contributed by atoms with E-state index >= 15 is 0 Å². The Bertz CT molecular complexity index is 906. The second-order valence-electron chi connectivity index (χ2n) is 6.47. The third-order valence-electron chi connectivity index (χ3n) is 4.64. The topological polar surface area (TPSA) is 67.3 Å². The summed E-state index contributed by atoms with van der Waals surface area (Å²) in [6, 6.07) is 7.60. The molecule has 0 spiro atoms. The number of carbonyl (C=O) groups is 1. The number of hydrogen-bond acceptors (Lipinski definition) is 4. The first-order chi connectivity index (χ1) is 11.3. The van der Waals surface area contributed by atoms with E-state index in [4.69, 9.17) is 0 Å². The molecule has 1 aliphatic heterocycles. The van der Waals surface area contributed by atoms with Crippen LogP contribution in [-0.4, -0.2) is 48.3 Å². The Morgan fingerprint density at radius 2 is 2.04 bits per heavy atom. The van der Waals surface area contributed by atoms with Crippen molar-refractivity contribution in [2.45, 2.75) is 33.2 Å². The molecule has 1 saturated heterocycles. The molecule has 2 heterocycles.